The number of anilines is 1. The molecule has 1 N–H and O–H groups in total. The second-order valence-electron chi connectivity index (χ2n) is 7.26. The first-order valence-corrected chi connectivity index (χ1v) is 9.54. The number of hydrogen-bond acceptors (Lipinski definition) is 5. The third-order valence-corrected chi connectivity index (χ3v) is 5.08. The molecule has 0 bridgehead atoms. The summed E-state index contributed by atoms with van der Waals surface area (Å²) in [4.78, 5) is 4.00. The van der Waals surface area contributed by atoms with Gasteiger partial charge in [0.1, 0.15) is 17.8 Å². The Kier molecular flexibility index (Phi) is 5.40. The molecule has 0 unspecified atom stereocenters. The number of imidazole rings is 1. The molecule has 3 aromatic rings. The van der Waals surface area contributed by atoms with E-state index in [4.69, 9.17) is 0 Å². The van der Waals surface area contributed by atoms with E-state index >= 15 is 0 Å². The van der Waals surface area contributed by atoms with E-state index in [0.29, 0.717) is 18.1 Å². The van der Waals surface area contributed by atoms with Gasteiger partial charge in [-0.15, -0.1) is 23.4 Å². The van der Waals surface area contributed by atoms with Crippen molar-refractivity contribution in [3.05, 3.63) is 36.3 Å². The first-order valence-electron chi connectivity index (χ1n) is 9.54. The Morgan fingerprint density at radius 3 is 2.42 bits per heavy atom. The molecule has 12 heteroatoms. The fourth-order valence-corrected chi connectivity index (χ4v) is 3.66. The summed E-state index contributed by atoms with van der Waals surface area (Å²) in [5.41, 5.74) is -1.36. The molecule has 1 aliphatic rings. The van der Waals surface area contributed by atoms with Crippen molar-refractivity contribution in [2.45, 2.75) is 50.7 Å². The number of benzene rings is 1. The molecule has 0 amide bonds. The van der Waals surface area contributed by atoms with E-state index in [1.165, 1.54) is 16.9 Å². The summed E-state index contributed by atoms with van der Waals surface area (Å²) in [6.07, 6.45) is -2.08. The van der Waals surface area contributed by atoms with Gasteiger partial charge in [-0.3, -0.25) is 4.40 Å². The van der Waals surface area contributed by atoms with Crippen LogP contribution < -0.4 is 10.1 Å². The van der Waals surface area contributed by atoms with Gasteiger partial charge < -0.3 is 10.1 Å². The molecule has 1 fully saturated rings. The zero-order valence-corrected chi connectivity index (χ0v) is 16.0. The number of nitrogens with one attached hydrogen (secondary N) is 1. The number of rotatable bonds is 4. The number of fused-ring (bicyclic) bond motifs is 1. The van der Waals surface area contributed by atoms with E-state index in [1.54, 1.807) is 0 Å². The van der Waals surface area contributed by atoms with Crippen molar-refractivity contribution in [2.75, 3.05) is 5.32 Å². The van der Waals surface area contributed by atoms with Crippen LogP contribution in [0, 0.1) is 0 Å². The van der Waals surface area contributed by atoms with Crippen LogP contribution in [0.1, 0.15) is 37.7 Å². The van der Waals surface area contributed by atoms with Crippen LogP contribution in [0.4, 0.5) is 32.3 Å². The summed E-state index contributed by atoms with van der Waals surface area (Å²) in [6.45, 7) is 0. The lowest BCUT2D eigenvalue weighted by molar-refractivity contribution is -0.274. The summed E-state index contributed by atoms with van der Waals surface area (Å²) in [5, 5.41) is 11.3. The third-order valence-electron chi connectivity index (χ3n) is 5.08. The monoisotopic (exact) mass is 445 g/mol. The number of nitrogens with zero attached hydrogens (tertiary/aromatic N) is 4. The van der Waals surface area contributed by atoms with Crippen molar-refractivity contribution in [1.82, 2.24) is 19.6 Å². The van der Waals surface area contributed by atoms with E-state index in [0.717, 1.165) is 38.2 Å². The highest BCUT2D eigenvalue weighted by molar-refractivity contribution is 5.81. The standard InChI is InChI=1S/C19H17F6N5O/c20-18(21,22)11-6-7-13(15(8-11)31-19(23,24)25)16-14-9-26-10-30(14)17(29-28-16)27-12-4-2-1-3-5-12/h6-10,12H,1-5H2,(H,27,29). The topological polar surface area (TPSA) is 64.3 Å². The maximum atomic E-state index is 13.0. The maximum absolute atomic E-state index is 13.0. The highest BCUT2D eigenvalue weighted by Crippen LogP contribution is 2.40. The van der Waals surface area contributed by atoms with Crippen LogP contribution >= 0.6 is 0 Å². The van der Waals surface area contributed by atoms with Gasteiger partial charge in [0.25, 0.3) is 0 Å². The molecule has 166 valence electrons. The van der Waals surface area contributed by atoms with Crippen molar-refractivity contribution < 1.29 is 31.1 Å². The Bertz CT molecular complexity index is 1070. The second kappa shape index (κ2) is 7.89. The molecule has 0 aliphatic heterocycles. The van der Waals surface area contributed by atoms with Crippen molar-refractivity contribution in [3.63, 3.8) is 0 Å². The predicted octanol–water partition coefficient (Wildman–Crippen LogP) is 5.45. The van der Waals surface area contributed by atoms with Crippen LogP contribution in [0.3, 0.4) is 0 Å². The first kappa shape index (κ1) is 21.2. The van der Waals surface area contributed by atoms with E-state index in [-0.39, 0.29) is 22.8 Å². The van der Waals surface area contributed by atoms with Crippen LogP contribution in [0.15, 0.2) is 30.7 Å². The van der Waals surface area contributed by atoms with E-state index in [1.807, 2.05) is 0 Å². The molecular formula is C19H17F6N5O. The van der Waals surface area contributed by atoms with Gasteiger partial charge >= 0.3 is 12.5 Å². The highest BCUT2D eigenvalue weighted by Gasteiger charge is 2.36. The zero-order chi connectivity index (χ0) is 22.2. The van der Waals surface area contributed by atoms with Gasteiger partial charge in [-0.1, -0.05) is 19.3 Å². The molecule has 0 saturated heterocycles. The van der Waals surface area contributed by atoms with Crippen LogP contribution in [-0.4, -0.2) is 32.0 Å². The van der Waals surface area contributed by atoms with Crippen molar-refractivity contribution in [3.8, 4) is 17.0 Å². The smallest absolute Gasteiger partial charge is 0.405 e. The van der Waals surface area contributed by atoms with Crippen LogP contribution in [0.25, 0.3) is 16.8 Å². The molecule has 6 nitrogen and oxygen atoms in total. The van der Waals surface area contributed by atoms with E-state index < -0.39 is 23.9 Å². The number of hydrogen-bond donors (Lipinski definition) is 1. The summed E-state index contributed by atoms with van der Waals surface area (Å²) in [5.74, 6) is -0.666. The maximum Gasteiger partial charge on any atom is 0.573 e. The van der Waals surface area contributed by atoms with Crippen molar-refractivity contribution in [1.29, 1.82) is 0 Å². The lowest BCUT2D eigenvalue weighted by Gasteiger charge is -2.23. The quantitative estimate of drug-likeness (QED) is 0.541. The first-order chi connectivity index (χ1) is 14.6. The van der Waals surface area contributed by atoms with Gasteiger partial charge in [0, 0.05) is 11.6 Å². The SMILES string of the molecule is FC(F)(F)Oc1cc(C(F)(F)F)ccc1-c1nnc(NC2CCCCC2)n2cncc12. The fourth-order valence-electron chi connectivity index (χ4n) is 3.66. The minimum absolute atomic E-state index is 0.0836. The Morgan fingerprint density at radius 2 is 1.74 bits per heavy atom. The van der Waals surface area contributed by atoms with Crippen molar-refractivity contribution in [2.24, 2.45) is 0 Å². The largest absolute Gasteiger partial charge is 0.573 e. The molecule has 0 radical (unpaired) electrons. The molecule has 2 aromatic heterocycles. The zero-order valence-electron chi connectivity index (χ0n) is 16.0. The van der Waals surface area contributed by atoms with E-state index in [9.17, 15) is 26.3 Å². The molecule has 0 spiro atoms. The Balaban J connectivity index is 1.77. The predicted molar refractivity (Wildman–Crippen MR) is 98.4 cm³/mol. The summed E-state index contributed by atoms with van der Waals surface area (Å²) < 4.78 is 83.1. The average Bonchev–Trinajstić information content (AvgIpc) is 3.18. The normalized spacial score (nSPS) is 15.9. The van der Waals surface area contributed by atoms with Crippen LogP contribution in [0.2, 0.25) is 0 Å². The molecule has 1 aromatic carbocycles. The Labute approximate surface area is 172 Å². The number of halogens is 6. The van der Waals surface area contributed by atoms with Gasteiger partial charge in [-0.2, -0.15) is 13.2 Å². The molecule has 1 aliphatic carbocycles. The minimum atomic E-state index is -5.19. The minimum Gasteiger partial charge on any atom is -0.405 e. The van der Waals surface area contributed by atoms with Gasteiger partial charge in [-0.05, 0) is 31.0 Å². The lowest BCUT2D eigenvalue weighted by Crippen LogP contribution is -2.24. The molecule has 2 heterocycles. The molecule has 1 saturated carbocycles. The van der Waals surface area contributed by atoms with Crippen LogP contribution in [-0.2, 0) is 6.18 Å². The lowest BCUT2D eigenvalue weighted by atomic mass is 9.96. The van der Waals surface area contributed by atoms with Gasteiger partial charge in [0.05, 0.1) is 17.3 Å². The Hall–Kier alpha value is -3.05. The molecule has 0 atom stereocenters. The molecule has 31 heavy (non-hydrogen) atoms. The number of aromatic nitrogens is 4. The summed E-state index contributed by atoms with van der Waals surface area (Å²) >= 11 is 0. The average molecular weight is 445 g/mol. The third kappa shape index (κ3) is 4.67. The second-order valence-corrected chi connectivity index (χ2v) is 7.26. The van der Waals surface area contributed by atoms with Crippen molar-refractivity contribution >= 4 is 11.5 Å². The highest BCUT2D eigenvalue weighted by atomic mass is 19.4. The fraction of sp³-hybridized carbons (Fsp3) is 0.421. The Morgan fingerprint density at radius 1 is 1.00 bits per heavy atom. The van der Waals surface area contributed by atoms with Crippen LogP contribution in [0.5, 0.6) is 5.75 Å². The summed E-state index contributed by atoms with van der Waals surface area (Å²) in [7, 11) is 0. The van der Waals surface area contributed by atoms with Gasteiger partial charge in [-0.25, -0.2) is 4.98 Å². The van der Waals surface area contributed by atoms with E-state index in [2.05, 4.69) is 25.2 Å². The molecule has 4 rings (SSSR count). The number of alkyl halides is 6. The number of ether oxygens (including phenoxy) is 1. The van der Waals surface area contributed by atoms with Gasteiger partial charge in [0.15, 0.2) is 0 Å². The van der Waals surface area contributed by atoms with Gasteiger partial charge in [0.2, 0.25) is 5.95 Å². The summed E-state index contributed by atoms with van der Waals surface area (Å²) in [6, 6.07) is 2.02. The molecular weight excluding hydrogens is 428 g/mol.